The van der Waals surface area contributed by atoms with E-state index in [1.807, 2.05) is 18.2 Å². The van der Waals surface area contributed by atoms with Crippen molar-refractivity contribution in [2.24, 2.45) is 5.41 Å². The highest BCUT2D eigenvalue weighted by Crippen LogP contribution is 2.36. The third kappa shape index (κ3) is 3.46. The van der Waals surface area contributed by atoms with Crippen molar-refractivity contribution in [3.8, 4) is 11.4 Å². The van der Waals surface area contributed by atoms with Crippen LogP contribution >= 0.6 is 0 Å². The lowest BCUT2D eigenvalue weighted by Crippen LogP contribution is -2.42. The van der Waals surface area contributed by atoms with Crippen LogP contribution in [-0.2, 0) is 14.3 Å². The number of nitrogens with zero attached hydrogens (tertiary/aromatic N) is 1. The normalized spacial score (nSPS) is 16.5. The van der Waals surface area contributed by atoms with E-state index in [9.17, 15) is 14.7 Å². The Morgan fingerprint density at radius 1 is 1.33 bits per heavy atom. The molecule has 126 valence electrons. The van der Waals surface area contributed by atoms with Gasteiger partial charge in [0.15, 0.2) is 0 Å². The smallest absolute Gasteiger partial charge is 0.304 e. The van der Waals surface area contributed by atoms with Crippen LogP contribution in [0.25, 0.3) is 11.4 Å². The summed E-state index contributed by atoms with van der Waals surface area (Å²) in [5, 5.41) is 12.0. The van der Waals surface area contributed by atoms with Gasteiger partial charge in [0, 0.05) is 36.9 Å². The summed E-state index contributed by atoms with van der Waals surface area (Å²) >= 11 is 0. The predicted molar refractivity (Wildman–Crippen MR) is 87.4 cm³/mol. The Labute approximate surface area is 139 Å². The lowest BCUT2D eigenvalue weighted by atomic mass is 9.76. The zero-order valence-corrected chi connectivity index (χ0v) is 13.1. The molecule has 1 aliphatic heterocycles. The van der Waals surface area contributed by atoms with E-state index in [1.54, 1.807) is 18.5 Å². The number of carbonyl (C=O) groups excluding carboxylic acids is 1. The molecule has 1 aliphatic rings. The highest BCUT2D eigenvalue weighted by molar-refractivity contribution is 5.97. The van der Waals surface area contributed by atoms with E-state index in [2.05, 4.69) is 15.3 Å². The number of carboxylic acids is 1. The molecule has 3 N–H and O–H groups in total. The van der Waals surface area contributed by atoms with Crippen molar-refractivity contribution >= 4 is 17.6 Å². The maximum Gasteiger partial charge on any atom is 0.304 e. The molecule has 2 aromatic rings. The highest BCUT2D eigenvalue weighted by atomic mass is 16.5. The number of aromatic nitrogens is 2. The number of rotatable bonds is 5. The summed E-state index contributed by atoms with van der Waals surface area (Å²) in [5.74, 6) is -0.543. The summed E-state index contributed by atoms with van der Waals surface area (Å²) < 4.78 is 5.29. The number of amides is 1. The van der Waals surface area contributed by atoms with Gasteiger partial charge in [0.25, 0.3) is 0 Å². The van der Waals surface area contributed by atoms with Crippen molar-refractivity contribution in [3.05, 3.63) is 36.7 Å². The first-order valence-corrected chi connectivity index (χ1v) is 7.80. The lowest BCUT2D eigenvalue weighted by Gasteiger charge is -2.34. The second kappa shape index (κ2) is 6.84. The summed E-state index contributed by atoms with van der Waals surface area (Å²) in [6.07, 6.45) is 4.00. The molecular weight excluding hydrogens is 310 g/mol. The van der Waals surface area contributed by atoms with Crippen LogP contribution < -0.4 is 5.32 Å². The SMILES string of the molecule is O=C(O)CC1(C(=O)Nc2cccc(-c3ncc[nH]3)c2)CCOCC1. The summed E-state index contributed by atoms with van der Waals surface area (Å²) in [4.78, 5) is 31.2. The Balaban J connectivity index is 1.80. The Morgan fingerprint density at radius 2 is 2.12 bits per heavy atom. The van der Waals surface area contributed by atoms with Gasteiger partial charge in [-0.2, -0.15) is 0 Å². The van der Waals surface area contributed by atoms with Gasteiger partial charge in [-0.3, -0.25) is 9.59 Å². The molecule has 2 heterocycles. The maximum absolute atomic E-state index is 12.8. The van der Waals surface area contributed by atoms with Gasteiger partial charge in [-0.15, -0.1) is 0 Å². The van der Waals surface area contributed by atoms with Crippen LogP contribution in [0.3, 0.4) is 0 Å². The first kappa shape index (κ1) is 16.2. The van der Waals surface area contributed by atoms with Crippen LogP contribution in [0.4, 0.5) is 5.69 Å². The fraction of sp³-hybridized carbons (Fsp3) is 0.353. The molecule has 1 aromatic heterocycles. The highest BCUT2D eigenvalue weighted by Gasteiger charge is 2.42. The number of benzene rings is 1. The molecule has 0 unspecified atom stereocenters. The molecule has 1 fully saturated rings. The van der Waals surface area contributed by atoms with Gasteiger partial charge in [0.05, 0.1) is 11.8 Å². The monoisotopic (exact) mass is 329 g/mol. The van der Waals surface area contributed by atoms with Crippen molar-refractivity contribution in [1.82, 2.24) is 9.97 Å². The fourth-order valence-electron chi connectivity index (χ4n) is 2.97. The van der Waals surface area contributed by atoms with Gasteiger partial charge in [-0.05, 0) is 25.0 Å². The summed E-state index contributed by atoms with van der Waals surface area (Å²) in [7, 11) is 0. The van der Waals surface area contributed by atoms with E-state index < -0.39 is 11.4 Å². The quantitative estimate of drug-likeness (QED) is 0.780. The predicted octanol–water partition coefficient (Wildman–Crippen LogP) is 2.29. The number of nitrogens with one attached hydrogen (secondary N) is 2. The number of imidazole rings is 1. The van der Waals surface area contributed by atoms with Gasteiger partial charge >= 0.3 is 5.97 Å². The fourth-order valence-corrected chi connectivity index (χ4v) is 2.97. The molecule has 0 aliphatic carbocycles. The van der Waals surface area contributed by atoms with Crippen LogP contribution in [0.1, 0.15) is 19.3 Å². The Kier molecular flexibility index (Phi) is 4.61. The van der Waals surface area contributed by atoms with Gasteiger partial charge < -0.3 is 20.1 Å². The van der Waals surface area contributed by atoms with Crippen LogP contribution in [0.15, 0.2) is 36.7 Å². The van der Waals surface area contributed by atoms with E-state index >= 15 is 0 Å². The number of aliphatic carboxylic acids is 1. The van der Waals surface area contributed by atoms with Crippen LogP contribution in [0.5, 0.6) is 0 Å². The second-order valence-electron chi connectivity index (χ2n) is 5.94. The van der Waals surface area contributed by atoms with E-state index in [0.29, 0.717) is 37.6 Å². The van der Waals surface area contributed by atoms with E-state index in [-0.39, 0.29) is 12.3 Å². The number of hydrogen-bond donors (Lipinski definition) is 3. The Hall–Kier alpha value is -2.67. The molecule has 0 spiro atoms. The zero-order chi connectivity index (χ0) is 17.0. The molecular formula is C17H19N3O4. The van der Waals surface area contributed by atoms with Gasteiger partial charge in [-0.25, -0.2) is 4.98 Å². The first-order valence-electron chi connectivity index (χ1n) is 7.80. The second-order valence-corrected chi connectivity index (χ2v) is 5.94. The van der Waals surface area contributed by atoms with Crippen molar-refractivity contribution in [2.75, 3.05) is 18.5 Å². The first-order chi connectivity index (χ1) is 11.6. The molecule has 24 heavy (non-hydrogen) atoms. The molecule has 7 nitrogen and oxygen atoms in total. The molecule has 7 heteroatoms. The number of carbonyl (C=O) groups is 2. The van der Waals surface area contributed by atoms with Crippen LogP contribution in [0.2, 0.25) is 0 Å². The summed E-state index contributed by atoms with van der Waals surface area (Å²) in [5.41, 5.74) is 0.535. The molecule has 3 rings (SSSR count). The minimum absolute atomic E-state index is 0.194. The number of ether oxygens (including phenoxy) is 1. The molecule has 1 saturated heterocycles. The molecule has 0 bridgehead atoms. The molecule has 1 amide bonds. The van der Waals surface area contributed by atoms with Crippen molar-refractivity contribution in [3.63, 3.8) is 0 Å². The van der Waals surface area contributed by atoms with Gasteiger partial charge in [-0.1, -0.05) is 12.1 Å². The maximum atomic E-state index is 12.8. The molecule has 0 saturated carbocycles. The molecule has 0 radical (unpaired) electrons. The number of carboxylic acid groups (broad SMARTS) is 1. The van der Waals surface area contributed by atoms with E-state index in [4.69, 9.17) is 4.74 Å². The number of aromatic amines is 1. The standard InChI is InChI=1S/C17H19N3O4/c21-14(22)11-17(4-8-24-9-5-17)16(23)20-13-3-1-2-12(10-13)15-18-6-7-19-15/h1-3,6-7,10H,4-5,8-9,11H2,(H,18,19)(H,20,23)(H,21,22). The van der Waals surface area contributed by atoms with E-state index in [0.717, 1.165) is 5.56 Å². The Morgan fingerprint density at radius 3 is 2.79 bits per heavy atom. The van der Waals surface area contributed by atoms with Crippen LogP contribution in [-0.4, -0.2) is 40.2 Å². The number of H-pyrrole nitrogens is 1. The minimum Gasteiger partial charge on any atom is -0.481 e. The lowest BCUT2D eigenvalue weighted by molar-refractivity contribution is -0.147. The van der Waals surface area contributed by atoms with Crippen molar-refractivity contribution in [1.29, 1.82) is 0 Å². The molecule has 1 aromatic carbocycles. The van der Waals surface area contributed by atoms with Gasteiger partial charge in [0.1, 0.15) is 5.82 Å². The topological polar surface area (TPSA) is 104 Å². The molecule has 0 atom stereocenters. The third-order valence-electron chi connectivity index (χ3n) is 4.31. The minimum atomic E-state index is -0.976. The van der Waals surface area contributed by atoms with Crippen molar-refractivity contribution < 1.29 is 19.4 Å². The summed E-state index contributed by atoms with van der Waals surface area (Å²) in [6.45, 7) is 0.792. The third-order valence-corrected chi connectivity index (χ3v) is 4.31. The van der Waals surface area contributed by atoms with Crippen LogP contribution in [0, 0.1) is 5.41 Å². The average molecular weight is 329 g/mol. The van der Waals surface area contributed by atoms with Crippen molar-refractivity contribution in [2.45, 2.75) is 19.3 Å². The Bertz CT molecular complexity index is 721. The largest absolute Gasteiger partial charge is 0.481 e. The average Bonchev–Trinajstić information content (AvgIpc) is 3.10. The summed E-state index contributed by atoms with van der Waals surface area (Å²) in [6, 6.07) is 7.29. The number of hydrogen-bond acceptors (Lipinski definition) is 4. The van der Waals surface area contributed by atoms with E-state index in [1.165, 1.54) is 0 Å². The zero-order valence-electron chi connectivity index (χ0n) is 13.1. The van der Waals surface area contributed by atoms with Gasteiger partial charge in [0.2, 0.25) is 5.91 Å². The number of anilines is 1.